The summed E-state index contributed by atoms with van der Waals surface area (Å²) in [6.07, 6.45) is 4.10. The van der Waals surface area contributed by atoms with Crippen molar-refractivity contribution in [3.8, 4) is 0 Å². The van der Waals surface area contributed by atoms with Gasteiger partial charge in [-0.05, 0) is 82.1 Å². The lowest BCUT2D eigenvalue weighted by Gasteiger charge is -2.13. The van der Waals surface area contributed by atoms with Gasteiger partial charge < -0.3 is 0 Å². The van der Waals surface area contributed by atoms with Crippen LogP contribution in [0.2, 0.25) is 0 Å². The molecule has 0 spiro atoms. The first-order valence-electron chi connectivity index (χ1n) is 7.01. The topological polar surface area (TPSA) is 17.0 Å². The number of benzene rings is 2. The fourth-order valence-corrected chi connectivity index (χ4v) is 3.00. The van der Waals surface area contributed by atoms with Crippen LogP contribution in [0.1, 0.15) is 16.7 Å². The van der Waals surface area contributed by atoms with Gasteiger partial charge in [0.25, 0.3) is 0 Å². The zero-order chi connectivity index (χ0) is 15.7. The van der Waals surface area contributed by atoms with E-state index in [1.807, 2.05) is 6.08 Å². The van der Waals surface area contributed by atoms with Crippen molar-refractivity contribution >= 4 is 54.5 Å². The summed E-state index contributed by atoms with van der Waals surface area (Å²) in [6.45, 7) is 4.21. The number of nitrogens with one attached hydrogen (secondary N) is 1. The van der Waals surface area contributed by atoms with Gasteiger partial charge in [0.15, 0.2) is 0 Å². The fraction of sp³-hybridized carbons (Fsp3) is 0.111. The van der Waals surface area contributed by atoms with Gasteiger partial charge in [0.2, 0.25) is 0 Å². The highest BCUT2D eigenvalue weighted by Gasteiger charge is 2.05. The van der Waals surface area contributed by atoms with Gasteiger partial charge in [-0.25, -0.2) is 0 Å². The fourth-order valence-electron chi connectivity index (χ4n) is 2.51. The number of hydrogen-bond acceptors (Lipinski definition) is 1. The monoisotopic (exact) mass is 418 g/mol. The Hall–Kier alpha value is -1.52. The summed E-state index contributed by atoms with van der Waals surface area (Å²) in [4.78, 5) is 0. The van der Waals surface area contributed by atoms with Crippen LogP contribution in [0.5, 0.6) is 0 Å². The molecule has 112 valence electrons. The van der Waals surface area contributed by atoms with Crippen molar-refractivity contribution in [3.05, 3.63) is 68.7 Å². The van der Waals surface area contributed by atoms with Crippen molar-refractivity contribution in [1.82, 2.24) is 4.68 Å². The highest BCUT2D eigenvalue weighted by molar-refractivity contribution is 9.28. The molecule has 0 unspecified atom stereocenters. The van der Waals surface area contributed by atoms with Gasteiger partial charge in [-0.3, -0.25) is 10.1 Å². The molecule has 4 heteroatoms. The quantitative estimate of drug-likeness (QED) is 0.532. The molecule has 2 aromatic carbocycles. The SMILES string of the molecule is Cc1ccc(Nn2ccc3cc(C)ccc32)c(C=C(Br)Br)c1. The lowest BCUT2D eigenvalue weighted by atomic mass is 10.1. The summed E-state index contributed by atoms with van der Waals surface area (Å²) in [5, 5.41) is 1.23. The number of aryl methyl sites for hydroxylation is 2. The molecule has 1 heterocycles. The maximum atomic E-state index is 3.48. The summed E-state index contributed by atoms with van der Waals surface area (Å²) >= 11 is 6.88. The minimum Gasteiger partial charge on any atom is -0.294 e. The Morgan fingerprint density at radius 3 is 2.50 bits per heavy atom. The number of hydrogen-bond donors (Lipinski definition) is 1. The molecule has 3 aromatic rings. The van der Waals surface area contributed by atoms with E-state index in [1.165, 1.54) is 22.0 Å². The van der Waals surface area contributed by atoms with Gasteiger partial charge in [0.1, 0.15) is 0 Å². The summed E-state index contributed by atoms with van der Waals surface area (Å²) in [7, 11) is 0. The number of anilines is 1. The molecule has 22 heavy (non-hydrogen) atoms. The molecule has 0 fully saturated rings. The molecular weight excluding hydrogens is 404 g/mol. The molecule has 0 saturated heterocycles. The third-order valence-electron chi connectivity index (χ3n) is 3.56. The Morgan fingerprint density at radius 1 is 1.00 bits per heavy atom. The van der Waals surface area contributed by atoms with Crippen LogP contribution >= 0.6 is 31.9 Å². The molecule has 1 aromatic heterocycles. The lowest BCUT2D eigenvalue weighted by molar-refractivity contribution is 1.01. The Balaban J connectivity index is 2.03. The number of fused-ring (bicyclic) bond motifs is 1. The van der Waals surface area contributed by atoms with Gasteiger partial charge in [0.05, 0.1) is 14.6 Å². The number of nitrogens with zero attached hydrogens (tertiary/aromatic N) is 1. The second-order valence-electron chi connectivity index (χ2n) is 5.38. The third kappa shape index (κ3) is 3.28. The minimum absolute atomic E-state index is 0.918. The first-order valence-corrected chi connectivity index (χ1v) is 8.59. The first kappa shape index (κ1) is 15.4. The van der Waals surface area contributed by atoms with Crippen LogP contribution in [0, 0.1) is 13.8 Å². The number of halogens is 2. The molecular formula is C18H16Br2N2. The zero-order valence-electron chi connectivity index (χ0n) is 12.4. The van der Waals surface area contributed by atoms with Crippen molar-refractivity contribution in [2.24, 2.45) is 0 Å². The van der Waals surface area contributed by atoms with E-state index in [0.29, 0.717) is 0 Å². The van der Waals surface area contributed by atoms with E-state index in [0.717, 1.165) is 14.6 Å². The van der Waals surface area contributed by atoms with Gasteiger partial charge in [-0.2, -0.15) is 0 Å². The molecule has 0 atom stereocenters. The average Bonchev–Trinajstić information content (AvgIpc) is 2.83. The minimum atomic E-state index is 0.918. The van der Waals surface area contributed by atoms with Crippen LogP contribution in [0.25, 0.3) is 17.0 Å². The van der Waals surface area contributed by atoms with Crippen LogP contribution in [-0.2, 0) is 0 Å². The Morgan fingerprint density at radius 2 is 1.73 bits per heavy atom. The average molecular weight is 420 g/mol. The maximum Gasteiger partial charge on any atom is 0.0696 e. The van der Waals surface area contributed by atoms with Crippen LogP contribution in [-0.4, -0.2) is 4.68 Å². The van der Waals surface area contributed by atoms with Crippen molar-refractivity contribution in [1.29, 1.82) is 0 Å². The molecule has 0 aliphatic carbocycles. The standard InChI is InChI=1S/C18H16Br2N2/c1-12-3-5-16(15(10-12)11-18(19)20)21-22-8-7-14-9-13(2)4-6-17(14)22/h3-11,21H,1-2H3. The second kappa shape index (κ2) is 6.31. The predicted octanol–water partition coefficient (Wildman–Crippen LogP) is 6.22. The van der Waals surface area contributed by atoms with E-state index in [-0.39, 0.29) is 0 Å². The van der Waals surface area contributed by atoms with Crippen molar-refractivity contribution in [2.75, 3.05) is 5.43 Å². The molecule has 0 radical (unpaired) electrons. The molecule has 0 bridgehead atoms. The van der Waals surface area contributed by atoms with E-state index in [9.17, 15) is 0 Å². The zero-order valence-corrected chi connectivity index (χ0v) is 15.6. The third-order valence-corrected chi connectivity index (χ3v) is 4.02. The molecule has 0 aliphatic heterocycles. The lowest BCUT2D eigenvalue weighted by Crippen LogP contribution is -2.08. The van der Waals surface area contributed by atoms with Gasteiger partial charge in [-0.15, -0.1) is 0 Å². The summed E-state index contributed by atoms with van der Waals surface area (Å²) < 4.78 is 2.97. The van der Waals surface area contributed by atoms with Gasteiger partial charge in [-0.1, -0.05) is 23.3 Å². The number of aromatic nitrogens is 1. The van der Waals surface area contributed by atoms with E-state index < -0.39 is 0 Å². The second-order valence-corrected chi connectivity index (χ2v) is 8.16. The van der Waals surface area contributed by atoms with Crippen LogP contribution in [0.3, 0.4) is 0 Å². The van der Waals surface area contributed by atoms with E-state index in [1.54, 1.807) is 0 Å². The van der Waals surface area contributed by atoms with E-state index >= 15 is 0 Å². The maximum absolute atomic E-state index is 3.48. The smallest absolute Gasteiger partial charge is 0.0696 e. The van der Waals surface area contributed by atoms with E-state index in [2.05, 4.69) is 104 Å². The Bertz CT molecular complexity index is 859. The van der Waals surface area contributed by atoms with Crippen LogP contribution < -0.4 is 5.43 Å². The molecule has 0 amide bonds. The molecule has 2 nitrogen and oxygen atoms in total. The summed E-state index contributed by atoms with van der Waals surface area (Å²) in [6, 6.07) is 15.0. The summed E-state index contributed by atoms with van der Waals surface area (Å²) in [5.74, 6) is 0. The highest BCUT2D eigenvalue weighted by Crippen LogP contribution is 2.26. The molecule has 0 aliphatic rings. The normalized spacial score (nSPS) is 10.7. The van der Waals surface area contributed by atoms with Crippen LogP contribution in [0.15, 0.2) is 52.1 Å². The van der Waals surface area contributed by atoms with Gasteiger partial charge in [0, 0.05) is 17.1 Å². The van der Waals surface area contributed by atoms with Crippen LogP contribution in [0.4, 0.5) is 5.69 Å². The Kier molecular flexibility index (Phi) is 4.41. The van der Waals surface area contributed by atoms with Crippen molar-refractivity contribution in [3.63, 3.8) is 0 Å². The van der Waals surface area contributed by atoms with Crippen molar-refractivity contribution in [2.45, 2.75) is 13.8 Å². The predicted molar refractivity (Wildman–Crippen MR) is 103 cm³/mol. The van der Waals surface area contributed by atoms with Gasteiger partial charge >= 0.3 is 0 Å². The van der Waals surface area contributed by atoms with E-state index in [4.69, 9.17) is 0 Å². The molecule has 3 rings (SSSR count). The molecule has 0 saturated carbocycles. The summed E-state index contributed by atoms with van der Waals surface area (Å²) in [5.41, 5.74) is 9.32. The highest BCUT2D eigenvalue weighted by atomic mass is 79.9. The first-order chi connectivity index (χ1) is 10.5. The molecule has 1 N–H and O–H groups in total. The largest absolute Gasteiger partial charge is 0.294 e. The number of rotatable bonds is 3. The van der Waals surface area contributed by atoms with Crippen molar-refractivity contribution < 1.29 is 0 Å². The Labute approximate surface area is 147 Å².